The minimum atomic E-state index is 0.0207. The third-order valence-electron chi connectivity index (χ3n) is 16.0. The van der Waals surface area contributed by atoms with E-state index < -0.39 is 0 Å². The Balaban J connectivity index is 1.06. The molecule has 12 aromatic rings. The Bertz CT molecular complexity index is 3910. The zero-order valence-electron chi connectivity index (χ0n) is 38.1. The summed E-state index contributed by atoms with van der Waals surface area (Å²) in [5.41, 5.74) is 30.8. The second-order valence-electron chi connectivity index (χ2n) is 19.5. The summed E-state index contributed by atoms with van der Waals surface area (Å²) >= 11 is 0. The number of nitrogens with zero attached hydrogens (tertiary/aromatic N) is 2. The van der Waals surface area contributed by atoms with Crippen LogP contribution in [0.15, 0.2) is 243 Å². The normalized spacial score (nSPS) is 13.1. The molecule has 0 saturated carbocycles. The van der Waals surface area contributed by atoms with Crippen molar-refractivity contribution in [3.8, 4) is 72.4 Å². The van der Waals surface area contributed by atoms with E-state index in [2.05, 4.69) is 252 Å². The molecule has 0 atom stereocenters. The van der Waals surface area contributed by atoms with Crippen LogP contribution in [0.5, 0.6) is 0 Å². The zero-order valence-corrected chi connectivity index (χ0v) is 38.1. The number of fused-ring (bicyclic) bond motifs is 13. The first kappa shape index (κ1) is 38.2. The average Bonchev–Trinajstić information content (AvgIpc) is 4.08. The Morgan fingerprint density at radius 3 is 1.07 bits per heavy atom. The van der Waals surface area contributed by atoms with Crippen LogP contribution < -0.4 is 37.7 Å². The van der Waals surface area contributed by atoms with E-state index in [9.17, 15) is 0 Å². The molecule has 4 heteroatoms. The fourth-order valence-corrected chi connectivity index (χ4v) is 13.0. The number of para-hydroxylation sites is 2. The molecule has 320 valence electrons. The van der Waals surface area contributed by atoms with Gasteiger partial charge in [0.2, 0.25) is 13.4 Å². The first-order valence-corrected chi connectivity index (χ1v) is 24.6. The summed E-state index contributed by atoms with van der Waals surface area (Å²) in [6, 6.07) is 91.4. The topological polar surface area (TPSA) is 8.17 Å². The highest BCUT2D eigenvalue weighted by Gasteiger charge is 2.50. The van der Waals surface area contributed by atoms with E-state index in [1.165, 1.54) is 144 Å². The van der Waals surface area contributed by atoms with Gasteiger partial charge in [-0.1, -0.05) is 193 Å². The molecule has 0 radical (unpaired) electrons. The highest BCUT2D eigenvalue weighted by Crippen LogP contribution is 2.48. The van der Waals surface area contributed by atoms with Crippen LogP contribution in [0, 0.1) is 0 Å². The molecule has 0 unspecified atom stereocenters. The van der Waals surface area contributed by atoms with Gasteiger partial charge in [0.25, 0.3) is 0 Å². The predicted molar refractivity (Wildman–Crippen MR) is 297 cm³/mol. The molecule has 0 fully saturated rings. The van der Waals surface area contributed by atoms with Gasteiger partial charge in [0.15, 0.2) is 0 Å². The monoisotopic (exact) mass is 882 g/mol. The van der Waals surface area contributed by atoms with Crippen molar-refractivity contribution >= 4 is 85.1 Å². The number of hydrogen-bond donors (Lipinski definition) is 0. The molecule has 16 rings (SSSR count). The van der Waals surface area contributed by atoms with Crippen molar-refractivity contribution < 1.29 is 0 Å². The molecular weight excluding hydrogens is 842 g/mol. The molecule has 0 saturated heterocycles. The fraction of sp³-hybridized carbons (Fsp3) is 0. The third kappa shape index (κ3) is 5.25. The molecule has 0 bridgehead atoms. The summed E-state index contributed by atoms with van der Waals surface area (Å²) in [7, 11) is 0. The van der Waals surface area contributed by atoms with Crippen molar-refractivity contribution in [2.75, 3.05) is 4.90 Å². The molecule has 4 aliphatic heterocycles. The lowest BCUT2D eigenvalue weighted by Crippen LogP contribution is -2.63. The van der Waals surface area contributed by atoms with Crippen LogP contribution >= 0.6 is 0 Å². The van der Waals surface area contributed by atoms with E-state index in [-0.39, 0.29) is 13.4 Å². The lowest BCUT2D eigenvalue weighted by molar-refractivity contribution is 1.18. The fourth-order valence-electron chi connectivity index (χ4n) is 13.0. The van der Waals surface area contributed by atoms with E-state index in [1.54, 1.807) is 0 Å². The zero-order chi connectivity index (χ0) is 45.6. The van der Waals surface area contributed by atoms with Crippen molar-refractivity contribution in [2.24, 2.45) is 0 Å². The number of benzene rings is 11. The maximum atomic E-state index is 2.71. The van der Waals surface area contributed by atoms with Gasteiger partial charge < -0.3 is 9.47 Å². The second-order valence-corrected chi connectivity index (χ2v) is 19.5. The maximum Gasteiger partial charge on any atom is 0.248 e. The number of hydrogen-bond acceptors (Lipinski definition) is 1. The summed E-state index contributed by atoms with van der Waals surface area (Å²) in [4.78, 5) is 2.71. The highest BCUT2D eigenvalue weighted by atomic mass is 15.2. The Kier molecular flexibility index (Phi) is 7.81. The molecule has 4 aliphatic rings. The molecule has 2 nitrogen and oxygen atoms in total. The Morgan fingerprint density at radius 1 is 0.271 bits per heavy atom. The van der Waals surface area contributed by atoms with E-state index in [0.29, 0.717) is 0 Å². The third-order valence-corrected chi connectivity index (χ3v) is 16.0. The van der Waals surface area contributed by atoms with Crippen LogP contribution in [0.1, 0.15) is 0 Å². The van der Waals surface area contributed by atoms with Gasteiger partial charge in [-0.15, -0.1) is 0 Å². The van der Waals surface area contributed by atoms with Gasteiger partial charge in [0.1, 0.15) is 0 Å². The van der Waals surface area contributed by atoms with Gasteiger partial charge in [-0.2, -0.15) is 0 Å². The van der Waals surface area contributed by atoms with Gasteiger partial charge in [0, 0.05) is 33.5 Å². The highest BCUT2D eigenvalue weighted by molar-refractivity contribution is 7.05. The first-order chi connectivity index (χ1) is 34.7. The van der Waals surface area contributed by atoms with Crippen molar-refractivity contribution in [3.05, 3.63) is 243 Å². The molecule has 11 aromatic carbocycles. The second kappa shape index (κ2) is 14.3. The average molecular weight is 883 g/mol. The summed E-state index contributed by atoms with van der Waals surface area (Å²) in [6.45, 7) is 0.0414. The Hall–Kier alpha value is -8.85. The van der Waals surface area contributed by atoms with Crippen molar-refractivity contribution in [1.82, 2.24) is 4.57 Å². The summed E-state index contributed by atoms with van der Waals surface area (Å²) in [5, 5.41) is 2.54. The number of aromatic nitrogens is 1. The largest absolute Gasteiger partial charge is 0.312 e. The van der Waals surface area contributed by atoms with Crippen LogP contribution in [-0.2, 0) is 0 Å². The van der Waals surface area contributed by atoms with E-state index in [0.717, 1.165) is 0 Å². The standard InChI is InChI=1S/C66H40B2N2/c1-5-17-41(18-6-1)45-29-31-56-52(33-45)54-35-47(43-21-9-3-10-22-43)37-62-64(54)67(56)58-39-49(69-60-27-15-13-25-50(60)51-26-14-16-28-61(51)69)40-59-66(58)70(62)63-38-48(44-23-11-4-12-24-44)36-55-53-34-46(42-19-7-2-8-20-42)30-32-57(53)68(59)65(55)63/h1-40H. The molecule has 5 heterocycles. The van der Waals surface area contributed by atoms with Gasteiger partial charge in [-0.3, -0.25) is 0 Å². The van der Waals surface area contributed by atoms with Crippen LogP contribution in [0.4, 0.5) is 17.1 Å². The minimum Gasteiger partial charge on any atom is -0.312 e. The predicted octanol–water partition coefficient (Wildman–Crippen LogP) is 12.5. The summed E-state index contributed by atoms with van der Waals surface area (Å²) in [5.74, 6) is 0. The van der Waals surface area contributed by atoms with Gasteiger partial charge >= 0.3 is 0 Å². The molecule has 70 heavy (non-hydrogen) atoms. The lowest BCUT2D eigenvalue weighted by Gasteiger charge is -2.43. The van der Waals surface area contributed by atoms with Crippen molar-refractivity contribution in [1.29, 1.82) is 0 Å². The van der Waals surface area contributed by atoms with Crippen LogP contribution in [0.3, 0.4) is 0 Å². The lowest BCUT2D eigenvalue weighted by atomic mass is 9.32. The van der Waals surface area contributed by atoms with Crippen molar-refractivity contribution in [2.45, 2.75) is 0 Å². The number of rotatable bonds is 5. The van der Waals surface area contributed by atoms with Crippen LogP contribution in [0.25, 0.3) is 94.3 Å². The number of anilines is 3. The van der Waals surface area contributed by atoms with Gasteiger partial charge in [-0.05, 0) is 149 Å². The van der Waals surface area contributed by atoms with E-state index in [1.807, 2.05) is 0 Å². The van der Waals surface area contributed by atoms with Crippen LogP contribution in [-0.4, -0.2) is 18.0 Å². The first-order valence-electron chi connectivity index (χ1n) is 24.6. The smallest absolute Gasteiger partial charge is 0.248 e. The minimum absolute atomic E-state index is 0.0207. The van der Waals surface area contributed by atoms with Crippen LogP contribution in [0.2, 0.25) is 0 Å². The van der Waals surface area contributed by atoms with Gasteiger partial charge in [0.05, 0.1) is 11.0 Å². The SMILES string of the molecule is c1ccc(-c2ccc3c(c2)-c2cc(-c4ccccc4)cc4c2B3c2cc(-n3c5ccccc5c5ccccc53)cc3c2N4c2cc(-c4ccccc4)cc4c2B3c2ccc(-c3ccccc3)cc2-4)cc1. The molecule has 1 aromatic heterocycles. The summed E-state index contributed by atoms with van der Waals surface area (Å²) < 4.78 is 2.54. The molecular formula is C66H40B2N2. The molecule has 0 amide bonds. The molecule has 0 aliphatic carbocycles. The summed E-state index contributed by atoms with van der Waals surface area (Å²) in [6.07, 6.45) is 0. The quantitative estimate of drug-likeness (QED) is 0.156. The Labute approximate surface area is 407 Å². The maximum absolute atomic E-state index is 2.71. The molecule has 0 spiro atoms. The van der Waals surface area contributed by atoms with Gasteiger partial charge in [-0.25, -0.2) is 0 Å². The van der Waals surface area contributed by atoms with Crippen molar-refractivity contribution in [3.63, 3.8) is 0 Å². The Morgan fingerprint density at radius 2 is 0.643 bits per heavy atom. The molecule has 0 N–H and O–H groups in total. The van der Waals surface area contributed by atoms with E-state index >= 15 is 0 Å². The van der Waals surface area contributed by atoms with E-state index in [4.69, 9.17) is 0 Å².